The van der Waals surface area contributed by atoms with Crippen LogP contribution in [0.5, 0.6) is 0 Å². The molecule has 0 radical (unpaired) electrons. The van der Waals surface area contributed by atoms with Gasteiger partial charge in [-0.2, -0.15) is 5.26 Å². The van der Waals surface area contributed by atoms with Gasteiger partial charge in [0.05, 0.1) is 6.10 Å². The zero-order valence-electron chi connectivity index (χ0n) is 7.84. The highest BCUT2D eigenvalue weighted by Gasteiger charge is 2.18. The molecular weight excluding hydrogens is 218 g/mol. The average molecular weight is 228 g/mol. The minimum atomic E-state index is -1.07. The Balaban J connectivity index is 2.74. The number of alkyl halides is 1. The molecule has 0 saturated carbocycles. The van der Waals surface area contributed by atoms with E-state index in [0.717, 1.165) is 0 Å². The molecule has 0 aliphatic carbocycles. The SMILES string of the molecule is N#Cc1ncc(C(O)C(O)CCCl)cn1. The normalized spacial score (nSPS) is 14.3. The average Bonchev–Trinajstić information content (AvgIpc) is 2.28. The standard InChI is InChI=1S/C9H10ClN3O2/c10-2-1-7(14)9(15)6-4-12-8(3-11)13-5-6/h4-5,7,9,14-15H,1-2H2. The number of halogens is 1. The zero-order valence-corrected chi connectivity index (χ0v) is 8.59. The van der Waals surface area contributed by atoms with E-state index in [2.05, 4.69) is 9.97 Å². The second-order valence-electron chi connectivity index (χ2n) is 2.94. The van der Waals surface area contributed by atoms with Gasteiger partial charge in [-0.3, -0.25) is 0 Å². The summed E-state index contributed by atoms with van der Waals surface area (Å²) >= 11 is 5.43. The monoisotopic (exact) mass is 227 g/mol. The summed E-state index contributed by atoms with van der Waals surface area (Å²) in [5.74, 6) is 0.285. The van der Waals surface area contributed by atoms with Gasteiger partial charge in [0, 0.05) is 23.8 Å². The summed E-state index contributed by atoms with van der Waals surface area (Å²) in [5, 5.41) is 27.5. The lowest BCUT2D eigenvalue weighted by Gasteiger charge is -2.16. The lowest BCUT2D eigenvalue weighted by atomic mass is 10.1. The van der Waals surface area contributed by atoms with Crippen LogP contribution in [0.1, 0.15) is 23.9 Å². The van der Waals surface area contributed by atoms with E-state index in [-0.39, 0.29) is 18.1 Å². The van der Waals surface area contributed by atoms with Crippen molar-refractivity contribution in [1.82, 2.24) is 9.97 Å². The van der Waals surface area contributed by atoms with Gasteiger partial charge in [0.15, 0.2) is 0 Å². The smallest absolute Gasteiger partial charge is 0.232 e. The molecule has 0 fully saturated rings. The number of nitriles is 1. The highest BCUT2D eigenvalue weighted by Crippen LogP contribution is 2.17. The van der Waals surface area contributed by atoms with Gasteiger partial charge in [-0.25, -0.2) is 9.97 Å². The van der Waals surface area contributed by atoms with Gasteiger partial charge in [-0.1, -0.05) is 0 Å². The molecule has 0 bridgehead atoms. The number of rotatable bonds is 4. The Bertz CT molecular complexity index is 349. The van der Waals surface area contributed by atoms with Crippen LogP contribution in [0.4, 0.5) is 0 Å². The van der Waals surface area contributed by atoms with Crippen LogP contribution < -0.4 is 0 Å². The van der Waals surface area contributed by atoms with Gasteiger partial charge >= 0.3 is 0 Å². The molecule has 2 atom stereocenters. The molecule has 0 saturated heterocycles. The lowest BCUT2D eigenvalue weighted by Crippen LogP contribution is -2.19. The number of aromatic nitrogens is 2. The van der Waals surface area contributed by atoms with E-state index in [0.29, 0.717) is 5.56 Å². The van der Waals surface area contributed by atoms with E-state index in [1.807, 2.05) is 0 Å². The first-order valence-corrected chi connectivity index (χ1v) is 4.86. The molecule has 2 N–H and O–H groups in total. The van der Waals surface area contributed by atoms with Crippen molar-refractivity contribution in [3.63, 3.8) is 0 Å². The van der Waals surface area contributed by atoms with Crippen LogP contribution in [-0.2, 0) is 0 Å². The first-order valence-electron chi connectivity index (χ1n) is 4.33. The van der Waals surface area contributed by atoms with Crippen molar-refractivity contribution in [3.05, 3.63) is 23.8 Å². The van der Waals surface area contributed by atoms with Crippen LogP contribution in [0.15, 0.2) is 12.4 Å². The third-order valence-electron chi connectivity index (χ3n) is 1.88. The maximum Gasteiger partial charge on any atom is 0.232 e. The second-order valence-corrected chi connectivity index (χ2v) is 3.32. The van der Waals surface area contributed by atoms with Crippen molar-refractivity contribution in [2.45, 2.75) is 18.6 Å². The molecule has 2 unspecified atom stereocenters. The summed E-state index contributed by atoms with van der Waals surface area (Å²) in [6, 6.07) is 1.76. The predicted octanol–water partition coefficient (Wildman–Crippen LogP) is 0.371. The largest absolute Gasteiger partial charge is 0.390 e. The van der Waals surface area contributed by atoms with E-state index >= 15 is 0 Å². The fraction of sp³-hybridized carbons (Fsp3) is 0.444. The first kappa shape index (κ1) is 11.9. The molecule has 5 nitrogen and oxygen atoms in total. The van der Waals surface area contributed by atoms with Crippen LogP contribution in [0.2, 0.25) is 0 Å². The first-order chi connectivity index (χ1) is 7.19. The predicted molar refractivity (Wildman–Crippen MR) is 53.1 cm³/mol. The molecule has 15 heavy (non-hydrogen) atoms. The molecule has 80 valence electrons. The van der Waals surface area contributed by atoms with E-state index < -0.39 is 12.2 Å². The summed E-state index contributed by atoms with van der Waals surface area (Å²) in [4.78, 5) is 7.37. The van der Waals surface area contributed by atoms with E-state index in [1.54, 1.807) is 6.07 Å². The van der Waals surface area contributed by atoms with Gasteiger partial charge in [0.1, 0.15) is 12.2 Å². The van der Waals surface area contributed by atoms with Crippen LogP contribution in [0.3, 0.4) is 0 Å². The summed E-state index contributed by atoms with van der Waals surface area (Å²) in [6.07, 6.45) is 0.889. The summed E-state index contributed by atoms with van der Waals surface area (Å²) in [6.45, 7) is 0. The lowest BCUT2D eigenvalue weighted by molar-refractivity contribution is 0.0166. The molecular formula is C9H10ClN3O2. The molecule has 1 aromatic rings. The quantitative estimate of drug-likeness (QED) is 0.726. The third kappa shape index (κ3) is 3.13. The topological polar surface area (TPSA) is 90.0 Å². The minimum absolute atomic E-state index is 0.0257. The number of aliphatic hydroxyl groups is 2. The van der Waals surface area contributed by atoms with E-state index in [1.165, 1.54) is 12.4 Å². The molecule has 0 spiro atoms. The van der Waals surface area contributed by atoms with Crippen LogP contribution >= 0.6 is 11.6 Å². The van der Waals surface area contributed by atoms with Crippen molar-refractivity contribution in [3.8, 4) is 6.07 Å². The van der Waals surface area contributed by atoms with Gasteiger partial charge in [-0.15, -0.1) is 11.6 Å². The molecule has 1 heterocycles. The van der Waals surface area contributed by atoms with Gasteiger partial charge in [-0.05, 0) is 6.42 Å². The molecule has 0 aliphatic heterocycles. The molecule has 1 aromatic heterocycles. The van der Waals surface area contributed by atoms with Gasteiger partial charge in [0.2, 0.25) is 5.82 Å². The number of hydrogen-bond acceptors (Lipinski definition) is 5. The van der Waals surface area contributed by atoms with Crippen molar-refractivity contribution in [2.24, 2.45) is 0 Å². The molecule has 0 aliphatic rings. The van der Waals surface area contributed by atoms with E-state index in [9.17, 15) is 10.2 Å². The second kappa shape index (κ2) is 5.61. The Morgan fingerprint density at radius 1 is 1.40 bits per heavy atom. The maximum absolute atomic E-state index is 9.61. The highest BCUT2D eigenvalue weighted by molar-refractivity contribution is 6.17. The third-order valence-corrected chi connectivity index (χ3v) is 2.10. The van der Waals surface area contributed by atoms with E-state index in [4.69, 9.17) is 16.9 Å². The van der Waals surface area contributed by atoms with Crippen LogP contribution in [0, 0.1) is 11.3 Å². The molecule has 6 heteroatoms. The molecule has 0 aromatic carbocycles. The minimum Gasteiger partial charge on any atom is -0.390 e. The molecule has 0 amide bonds. The highest BCUT2D eigenvalue weighted by atomic mass is 35.5. The van der Waals surface area contributed by atoms with Crippen molar-refractivity contribution >= 4 is 11.6 Å². The van der Waals surface area contributed by atoms with Crippen molar-refractivity contribution in [1.29, 1.82) is 5.26 Å². The Morgan fingerprint density at radius 2 is 2.00 bits per heavy atom. The fourth-order valence-electron chi connectivity index (χ4n) is 1.04. The van der Waals surface area contributed by atoms with Crippen molar-refractivity contribution < 1.29 is 10.2 Å². The Labute approximate surface area is 92.0 Å². The number of aliphatic hydroxyl groups excluding tert-OH is 2. The summed E-state index contributed by atoms with van der Waals surface area (Å²) in [5.41, 5.74) is 0.367. The zero-order chi connectivity index (χ0) is 11.3. The number of nitrogens with zero attached hydrogens (tertiary/aromatic N) is 3. The van der Waals surface area contributed by atoms with Gasteiger partial charge in [0.25, 0.3) is 0 Å². The Morgan fingerprint density at radius 3 is 2.47 bits per heavy atom. The maximum atomic E-state index is 9.61. The summed E-state index contributed by atoms with van der Waals surface area (Å²) < 4.78 is 0. The number of hydrogen-bond donors (Lipinski definition) is 2. The summed E-state index contributed by atoms with van der Waals surface area (Å²) in [7, 11) is 0. The van der Waals surface area contributed by atoms with Crippen molar-refractivity contribution in [2.75, 3.05) is 5.88 Å². The Hall–Kier alpha value is -1.22. The van der Waals surface area contributed by atoms with Crippen LogP contribution in [0.25, 0.3) is 0 Å². The van der Waals surface area contributed by atoms with Crippen LogP contribution in [-0.4, -0.2) is 32.2 Å². The molecule has 1 rings (SSSR count). The Kier molecular flexibility index (Phi) is 4.43. The fourth-order valence-corrected chi connectivity index (χ4v) is 1.26. The van der Waals surface area contributed by atoms with Gasteiger partial charge < -0.3 is 10.2 Å².